The third-order valence-electron chi connectivity index (χ3n) is 6.67. The number of aliphatic hydroxyl groups excluding tert-OH is 1. The van der Waals surface area contributed by atoms with E-state index in [4.69, 9.17) is 4.74 Å². The van der Waals surface area contributed by atoms with Crippen molar-refractivity contribution < 1.29 is 19.7 Å². The Bertz CT molecular complexity index is 1270. The molecule has 2 N–H and O–H groups in total. The monoisotopic (exact) mass is 544 g/mol. The van der Waals surface area contributed by atoms with E-state index in [2.05, 4.69) is 15.9 Å². The fourth-order valence-corrected chi connectivity index (χ4v) is 5.74. The molecule has 0 radical (unpaired) electrons. The number of nitriles is 1. The quantitative estimate of drug-likeness (QED) is 0.310. The first-order chi connectivity index (χ1) is 17.5. The molecule has 3 aromatic rings. The van der Waals surface area contributed by atoms with Gasteiger partial charge >= 0.3 is 5.97 Å². The number of piperazine rings is 1. The Morgan fingerprint density at radius 3 is 2.46 bits per heavy atom. The average Bonchev–Trinajstić information content (AvgIpc) is 3.17. The number of carbonyl (C=O) groups is 1. The van der Waals surface area contributed by atoms with Crippen molar-refractivity contribution in [3.8, 4) is 11.8 Å². The molecule has 1 aromatic heterocycles. The zero-order chi connectivity index (χ0) is 25.7. The fraction of sp³-hybridized carbons (Fsp3) is 0.407. The molecule has 1 aliphatic rings. The van der Waals surface area contributed by atoms with Gasteiger partial charge in [-0.15, -0.1) is 24.2 Å². The van der Waals surface area contributed by atoms with Crippen molar-refractivity contribution in [2.75, 3.05) is 45.9 Å². The third-order valence-corrected chi connectivity index (χ3v) is 7.69. The molecule has 0 atom stereocenters. The van der Waals surface area contributed by atoms with Crippen LogP contribution in [0, 0.1) is 11.3 Å². The molecule has 2 heterocycles. The van der Waals surface area contributed by atoms with E-state index in [9.17, 15) is 20.3 Å². The molecule has 0 amide bonds. The summed E-state index contributed by atoms with van der Waals surface area (Å²) in [6.07, 6.45) is 0. The number of phenolic OH excluding ortho intramolecular Hbond substituents is 1. The van der Waals surface area contributed by atoms with Gasteiger partial charge in [0.1, 0.15) is 11.8 Å². The summed E-state index contributed by atoms with van der Waals surface area (Å²) in [4.78, 5) is 18.8. The molecule has 0 aliphatic carbocycles. The van der Waals surface area contributed by atoms with Gasteiger partial charge in [0.05, 0.1) is 29.9 Å². The second kappa shape index (κ2) is 13.2. The van der Waals surface area contributed by atoms with Gasteiger partial charge in [0.15, 0.2) is 0 Å². The Labute approximate surface area is 227 Å². The Morgan fingerprint density at radius 1 is 1.16 bits per heavy atom. The largest absolute Gasteiger partial charge is 0.506 e. The molecule has 4 rings (SSSR count). The van der Waals surface area contributed by atoms with Gasteiger partial charge in [-0.2, -0.15) is 5.26 Å². The lowest BCUT2D eigenvalue weighted by atomic mass is 9.99. The molecule has 1 fully saturated rings. The number of carbonyl (C=O) groups excluding carboxylic acids is 1. The number of benzene rings is 2. The molecular weight excluding hydrogens is 512 g/mol. The van der Waals surface area contributed by atoms with Gasteiger partial charge in [-0.1, -0.05) is 18.2 Å². The van der Waals surface area contributed by atoms with E-state index in [1.165, 1.54) is 0 Å². The normalized spacial score (nSPS) is 14.3. The predicted molar refractivity (Wildman–Crippen MR) is 147 cm³/mol. The molecule has 2 aromatic carbocycles. The zero-order valence-corrected chi connectivity index (χ0v) is 22.8. The van der Waals surface area contributed by atoms with Crippen molar-refractivity contribution in [3.05, 3.63) is 58.8 Å². The number of β-amino-alcohol motifs (C(OH)–C–C–N with tert-alkyl or cyclic N) is 1. The van der Waals surface area contributed by atoms with E-state index in [1.807, 2.05) is 41.9 Å². The SMILES string of the molecule is CCOC(=O)c1c(CSc2ccccc2)n(C)c2cc(C#N)c(O)c(CN3CCN(CCO)CC3)c12.Cl. The van der Waals surface area contributed by atoms with E-state index in [0.29, 0.717) is 35.4 Å². The van der Waals surface area contributed by atoms with Crippen LogP contribution in [0.5, 0.6) is 5.75 Å². The lowest BCUT2D eigenvalue weighted by Crippen LogP contribution is -2.46. The molecule has 0 spiro atoms. The Morgan fingerprint density at radius 2 is 1.84 bits per heavy atom. The lowest BCUT2D eigenvalue weighted by molar-refractivity contribution is 0.0527. The maximum Gasteiger partial charge on any atom is 0.340 e. The number of aromatic nitrogens is 1. The van der Waals surface area contributed by atoms with Crippen LogP contribution < -0.4 is 0 Å². The first-order valence-corrected chi connectivity index (χ1v) is 13.1. The number of rotatable bonds is 9. The van der Waals surface area contributed by atoms with E-state index >= 15 is 0 Å². The van der Waals surface area contributed by atoms with Crippen LogP contribution in [0.25, 0.3) is 10.9 Å². The van der Waals surface area contributed by atoms with Crippen LogP contribution in [-0.4, -0.2) is 76.5 Å². The number of fused-ring (bicyclic) bond motifs is 1. The molecule has 0 unspecified atom stereocenters. The summed E-state index contributed by atoms with van der Waals surface area (Å²) in [5.41, 5.74) is 2.74. The minimum atomic E-state index is -0.426. The molecule has 0 saturated carbocycles. The van der Waals surface area contributed by atoms with Gasteiger partial charge in [-0.3, -0.25) is 9.80 Å². The summed E-state index contributed by atoms with van der Waals surface area (Å²) in [6.45, 7) is 6.33. The number of hydrogen-bond donors (Lipinski definition) is 2. The van der Waals surface area contributed by atoms with E-state index < -0.39 is 5.97 Å². The number of halogens is 1. The van der Waals surface area contributed by atoms with Gasteiger partial charge in [0.25, 0.3) is 0 Å². The topological polar surface area (TPSA) is 102 Å². The van der Waals surface area contributed by atoms with E-state index in [1.54, 1.807) is 24.8 Å². The maximum atomic E-state index is 13.3. The smallest absolute Gasteiger partial charge is 0.340 e. The predicted octanol–water partition coefficient (Wildman–Crippen LogP) is 3.76. The molecule has 198 valence electrons. The molecular formula is C27H33ClN4O4S. The van der Waals surface area contributed by atoms with Gasteiger partial charge in [0.2, 0.25) is 0 Å². The summed E-state index contributed by atoms with van der Waals surface area (Å²) < 4.78 is 7.42. The van der Waals surface area contributed by atoms with Crippen LogP contribution in [-0.2, 0) is 24.1 Å². The number of aryl methyl sites for hydroxylation is 1. The van der Waals surface area contributed by atoms with Crippen LogP contribution in [0.4, 0.5) is 0 Å². The standard InChI is InChI=1S/C27H32N4O4S.ClH/c1-3-35-27(34)25-23(18-36-20-7-5-4-6-8-20)29(2)22-15-19(16-28)26(33)21(24(22)25)17-31-11-9-30(10-12-31)13-14-32;/h4-8,15,32-33H,3,9-14,17-18H2,1-2H3;1H. The third kappa shape index (κ3) is 6.22. The summed E-state index contributed by atoms with van der Waals surface area (Å²) in [7, 11) is 1.89. The number of ether oxygens (including phenoxy) is 1. The maximum absolute atomic E-state index is 13.3. The first-order valence-electron chi connectivity index (χ1n) is 12.1. The lowest BCUT2D eigenvalue weighted by Gasteiger charge is -2.34. The van der Waals surface area contributed by atoms with Crippen molar-refractivity contribution in [2.45, 2.75) is 24.1 Å². The van der Waals surface area contributed by atoms with Crippen LogP contribution in [0.15, 0.2) is 41.3 Å². The highest BCUT2D eigenvalue weighted by Gasteiger charge is 2.29. The highest BCUT2D eigenvalue weighted by Crippen LogP contribution is 2.39. The number of phenols is 1. The number of hydrogen-bond acceptors (Lipinski definition) is 8. The van der Waals surface area contributed by atoms with Crippen LogP contribution in [0.3, 0.4) is 0 Å². The molecule has 37 heavy (non-hydrogen) atoms. The Balaban J connectivity index is 0.00000380. The second-order valence-corrected chi connectivity index (χ2v) is 9.85. The van der Waals surface area contributed by atoms with Gasteiger partial charge < -0.3 is 19.5 Å². The molecule has 1 saturated heterocycles. The molecule has 8 nitrogen and oxygen atoms in total. The second-order valence-electron chi connectivity index (χ2n) is 8.80. The minimum Gasteiger partial charge on any atom is -0.506 e. The summed E-state index contributed by atoms with van der Waals surface area (Å²) >= 11 is 1.62. The average molecular weight is 545 g/mol. The van der Waals surface area contributed by atoms with Crippen molar-refractivity contribution >= 4 is 41.0 Å². The summed E-state index contributed by atoms with van der Waals surface area (Å²) in [5.74, 6) is 0.0247. The Hall–Kier alpha value is -2.74. The van der Waals surface area contributed by atoms with Crippen molar-refractivity contribution in [1.29, 1.82) is 5.26 Å². The van der Waals surface area contributed by atoms with Gasteiger partial charge in [-0.05, 0) is 25.1 Å². The summed E-state index contributed by atoms with van der Waals surface area (Å²) in [6, 6.07) is 13.8. The van der Waals surface area contributed by atoms with E-state index in [0.717, 1.165) is 42.3 Å². The highest BCUT2D eigenvalue weighted by molar-refractivity contribution is 7.98. The summed E-state index contributed by atoms with van der Waals surface area (Å²) in [5, 5.41) is 30.8. The van der Waals surface area contributed by atoms with Crippen molar-refractivity contribution in [3.63, 3.8) is 0 Å². The van der Waals surface area contributed by atoms with Gasteiger partial charge in [0, 0.05) is 73.6 Å². The molecule has 10 heteroatoms. The molecule has 0 bridgehead atoms. The number of esters is 1. The van der Waals surface area contributed by atoms with Crippen molar-refractivity contribution in [2.24, 2.45) is 7.05 Å². The zero-order valence-electron chi connectivity index (χ0n) is 21.1. The highest BCUT2D eigenvalue weighted by atomic mass is 35.5. The number of thioether (sulfide) groups is 1. The van der Waals surface area contributed by atoms with Crippen LogP contribution in [0.2, 0.25) is 0 Å². The minimum absolute atomic E-state index is 0. The van der Waals surface area contributed by atoms with E-state index in [-0.39, 0.29) is 36.9 Å². The number of aromatic hydroxyl groups is 1. The first kappa shape index (κ1) is 28.8. The van der Waals surface area contributed by atoms with Crippen LogP contribution in [0.1, 0.15) is 34.1 Å². The molecule has 1 aliphatic heterocycles. The number of nitrogens with zero attached hydrogens (tertiary/aromatic N) is 4. The van der Waals surface area contributed by atoms with Crippen LogP contribution >= 0.6 is 24.2 Å². The number of aliphatic hydroxyl groups is 1. The van der Waals surface area contributed by atoms with Gasteiger partial charge in [-0.25, -0.2) is 4.79 Å². The fourth-order valence-electron chi connectivity index (χ4n) is 4.75. The van der Waals surface area contributed by atoms with Crippen molar-refractivity contribution in [1.82, 2.24) is 14.4 Å². The Kier molecular flexibility index (Phi) is 10.3.